The van der Waals surface area contributed by atoms with Crippen LogP contribution in [0.2, 0.25) is 0 Å². The Morgan fingerprint density at radius 3 is 2.00 bits per heavy atom. The molecule has 0 aliphatic heterocycles. The minimum absolute atomic E-state index is 0.0954. The van der Waals surface area contributed by atoms with Crippen LogP contribution in [-0.2, 0) is 20.0 Å². The highest BCUT2D eigenvalue weighted by atomic mass is 32.2. The van der Waals surface area contributed by atoms with Crippen molar-refractivity contribution in [3.05, 3.63) is 60.2 Å². The summed E-state index contributed by atoms with van der Waals surface area (Å²) < 4.78 is 52.9. The average Bonchev–Trinajstić information content (AvgIpc) is 2.54. The van der Waals surface area contributed by atoms with Crippen LogP contribution in [0.25, 0.3) is 0 Å². The van der Waals surface area contributed by atoms with E-state index < -0.39 is 20.0 Å². The van der Waals surface area contributed by atoms with Crippen molar-refractivity contribution in [1.29, 1.82) is 0 Å². The van der Waals surface area contributed by atoms with Crippen molar-refractivity contribution in [1.82, 2.24) is 4.72 Å². The van der Waals surface area contributed by atoms with Gasteiger partial charge in [0.2, 0.25) is 10.0 Å². The van der Waals surface area contributed by atoms with Gasteiger partial charge in [-0.2, -0.15) is 12.8 Å². The number of benzene rings is 2. The van der Waals surface area contributed by atoms with Gasteiger partial charge in [-0.25, -0.2) is 13.1 Å². The van der Waals surface area contributed by atoms with E-state index in [1.807, 2.05) is 0 Å². The van der Waals surface area contributed by atoms with Crippen LogP contribution in [0.1, 0.15) is 5.56 Å². The van der Waals surface area contributed by atoms with Gasteiger partial charge in [-0.3, -0.25) is 0 Å². The molecule has 0 saturated heterocycles. The third-order valence-electron chi connectivity index (χ3n) is 2.84. The molecule has 0 unspecified atom stereocenters. The smallest absolute Gasteiger partial charge is 0.214 e. The van der Waals surface area contributed by atoms with E-state index in [9.17, 15) is 16.8 Å². The van der Waals surface area contributed by atoms with Crippen LogP contribution in [0, 0.1) is 0 Å². The Bertz CT molecular complexity index is 872. The van der Waals surface area contributed by atoms with E-state index in [2.05, 4.69) is 9.12 Å². The lowest BCUT2D eigenvalue weighted by Gasteiger charge is -2.02. The molecular formula is C14H14N2O4S2. The van der Waals surface area contributed by atoms with Crippen LogP contribution >= 0.6 is 0 Å². The molecule has 2 rings (SSSR count). The van der Waals surface area contributed by atoms with Crippen molar-refractivity contribution < 1.29 is 16.8 Å². The molecule has 2 aromatic rings. The standard InChI is InChI=1S/C14H14N2O4S2/c1-15-21(17,18)14-9-7-12(8-10-14)11-16-22(19,20)13-5-3-2-4-6-13/h2-11,15H,1H3. The zero-order valence-electron chi connectivity index (χ0n) is 11.7. The van der Waals surface area contributed by atoms with Gasteiger partial charge in [0.05, 0.1) is 9.79 Å². The molecule has 116 valence electrons. The molecule has 1 N–H and O–H groups in total. The molecule has 0 radical (unpaired) electrons. The molecule has 0 spiro atoms. The fourth-order valence-electron chi connectivity index (χ4n) is 1.63. The van der Waals surface area contributed by atoms with Gasteiger partial charge >= 0.3 is 0 Å². The van der Waals surface area contributed by atoms with Crippen molar-refractivity contribution in [3.8, 4) is 0 Å². The maximum Gasteiger partial charge on any atom is 0.282 e. The third-order valence-corrected chi connectivity index (χ3v) is 5.52. The summed E-state index contributed by atoms with van der Waals surface area (Å²) in [6.45, 7) is 0. The summed E-state index contributed by atoms with van der Waals surface area (Å²) in [6.07, 6.45) is 1.18. The summed E-state index contributed by atoms with van der Waals surface area (Å²) in [5, 5.41) is 0. The molecular weight excluding hydrogens is 324 g/mol. The molecule has 0 aliphatic rings. The molecule has 0 aliphatic carbocycles. The van der Waals surface area contributed by atoms with Gasteiger partial charge in [0, 0.05) is 6.21 Å². The van der Waals surface area contributed by atoms with Crippen LogP contribution in [0.5, 0.6) is 0 Å². The normalized spacial score (nSPS) is 12.6. The lowest BCUT2D eigenvalue weighted by molar-refractivity contribution is 0.588. The maximum atomic E-state index is 12.0. The second kappa shape index (κ2) is 6.39. The second-order valence-corrected chi connectivity index (χ2v) is 7.82. The summed E-state index contributed by atoms with van der Waals surface area (Å²) in [7, 11) is -5.96. The van der Waals surface area contributed by atoms with Crippen LogP contribution in [0.15, 0.2) is 68.8 Å². The Morgan fingerprint density at radius 1 is 0.864 bits per heavy atom. The highest BCUT2D eigenvalue weighted by Gasteiger charge is 2.12. The summed E-state index contributed by atoms with van der Waals surface area (Å²) in [5.41, 5.74) is 0.481. The Hall–Kier alpha value is -2.03. The maximum absolute atomic E-state index is 12.0. The molecule has 2 aromatic carbocycles. The van der Waals surface area contributed by atoms with Crippen molar-refractivity contribution in [2.45, 2.75) is 9.79 Å². The van der Waals surface area contributed by atoms with E-state index in [1.165, 1.54) is 49.7 Å². The first kappa shape index (κ1) is 16.3. The number of hydrogen-bond acceptors (Lipinski definition) is 4. The average molecular weight is 338 g/mol. The summed E-state index contributed by atoms with van der Waals surface area (Å²) in [4.78, 5) is 0.193. The van der Waals surface area contributed by atoms with E-state index in [4.69, 9.17) is 0 Å². The Morgan fingerprint density at radius 2 is 1.45 bits per heavy atom. The lowest BCUT2D eigenvalue weighted by atomic mass is 10.2. The van der Waals surface area contributed by atoms with Gasteiger partial charge in [0.1, 0.15) is 0 Å². The van der Waals surface area contributed by atoms with Crippen molar-refractivity contribution >= 4 is 26.3 Å². The minimum atomic E-state index is -3.76. The van der Waals surface area contributed by atoms with Crippen LogP contribution < -0.4 is 4.72 Å². The number of rotatable bonds is 5. The zero-order chi connectivity index (χ0) is 16.2. The zero-order valence-corrected chi connectivity index (χ0v) is 13.3. The monoisotopic (exact) mass is 338 g/mol. The molecule has 0 aromatic heterocycles. The molecule has 0 fully saturated rings. The van der Waals surface area contributed by atoms with E-state index >= 15 is 0 Å². The summed E-state index contributed by atoms with van der Waals surface area (Å²) in [6, 6.07) is 13.6. The quantitative estimate of drug-likeness (QED) is 0.834. The third kappa shape index (κ3) is 3.79. The highest BCUT2D eigenvalue weighted by molar-refractivity contribution is 7.90. The molecule has 0 heterocycles. The second-order valence-electron chi connectivity index (χ2n) is 4.30. The van der Waals surface area contributed by atoms with Gasteiger partial charge in [-0.05, 0) is 36.9 Å². The Kier molecular flexibility index (Phi) is 4.74. The van der Waals surface area contributed by atoms with E-state index in [0.717, 1.165) is 0 Å². The predicted molar refractivity (Wildman–Crippen MR) is 83.9 cm³/mol. The van der Waals surface area contributed by atoms with Crippen molar-refractivity contribution in [2.24, 2.45) is 4.40 Å². The van der Waals surface area contributed by atoms with Gasteiger partial charge in [0.15, 0.2) is 0 Å². The largest absolute Gasteiger partial charge is 0.282 e. The summed E-state index contributed by atoms with van der Waals surface area (Å²) >= 11 is 0. The summed E-state index contributed by atoms with van der Waals surface area (Å²) in [5.74, 6) is 0. The first-order chi connectivity index (χ1) is 10.3. The Labute approximate surface area is 129 Å². The van der Waals surface area contributed by atoms with Crippen LogP contribution in [-0.4, -0.2) is 30.1 Å². The van der Waals surface area contributed by atoms with Crippen molar-refractivity contribution in [3.63, 3.8) is 0 Å². The Balaban J connectivity index is 2.25. The molecule has 8 heteroatoms. The van der Waals surface area contributed by atoms with Crippen molar-refractivity contribution in [2.75, 3.05) is 7.05 Å². The first-order valence-corrected chi connectivity index (χ1v) is 9.16. The van der Waals surface area contributed by atoms with Gasteiger partial charge in [0.25, 0.3) is 10.0 Å². The van der Waals surface area contributed by atoms with E-state index in [1.54, 1.807) is 18.2 Å². The molecule has 0 saturated carbocycles. The van der Waals surface area contributed by atoms with Gasteiger partial charge < -0.3 is 0 Å². The SMILES string of the molecule is CNS(=O)(=O)c1ccc(C=NS(=O)(=O)c2ccccc2)cc1. The fraction of sp³-hybridized carbons (Fsp3) is 0.0714. The molecule has 0 atom stereocenters. The molecule has 0 bridgehead atoms. The van der Waals surface area contributed by atoms with Crippen LogP contribution in [0.3, 0.4) is 0 Å². The predicted octanol–water partition coefficient (Wildman–Crippen LogP) is 1.40. The number of sulfonamides is 2. The highest BCUT2D eigenvalue weighted by Crippen LogP contribution is 2.12. The molecule has 0 amide bonds. The first-order valence-electron chi connectivity index (χ1n) is 6.24. The topological polar surface area (TPSA) is 92.7 Å². The lowest BCUT2D eigenvalue weighted by Crippen LogP contribution is -2.18. The number of nitrogens with zero attached hydrogens (tertiary/aromatic N) is 1. The number of hydrogen-bond donors (Lipinski definition) is 1. The molecule has 6 nitrogen and oxygen atoms in total. The molecule has 22 heavy (non-hydrogen) atoms. The van der Waals surface area contributed by atoms with Gasteiger partial charge in [-0.15, -0.1) is 0 Å². The minimum Gasteiger partial charge on any atom is -0.214 e. The van der Waals surface area contributed by atoms with Gasteiger partial charge in [-0.1, -0.05) is 30.3 Å². The van der Waals surface area contributed by atoms with E-state index in [-0.39, 0.29) is 9.79 Å². The number of nitrogens with one attached hydrogen (secondary N) is 1. The van der Waals surface area contributed by atoms with Crippen LogP contribution in [0.4, 0.5) is 0 Å². The van der Waals surface area contributed by atoms with E-state index in [0.29, 0.717) is 5.56 Å². The fourth-order valence-corrected chi connectivity index (χ4v) is 3.25.